The fraction of sp³-hybridized carbons (Fsp3) is 0.538. The Morgan fingerprint density at radius 2 is 0.549 bits per heavy atom. The lowest BCUT2D eigenvalue weighted by molar-refractivity contribution is 0.422. The molecule has 0 spiro atoms. The number of rotatable bonds is 24. The van der Waals surface area contributed by atoms with E-state index in [2.05, 4.69) is 234 Å². The van der Waals surface area contributed by atoms with Gasteiger partial charge in [0.15, 0.2) is 0 Å². The van der Waals surface area contributed by atoms with E-state index in [-0.39, 0.29) is 32.5 Å². The highest BCUT2D eigenvalue weighted by molar-refractivity contribution is 5.58. The van der Waals surface area contributed by atoms with Gasteiger partial charge in [0.25, 0.3) is 0 Å². The number of hydrogen-bond donors (Lipinski definition) is 4. The minimum atomic E-state index is -0.377. The van der Waals surface area contributed by atoms with Gasteiger partial charge < -0.3 is 20.4 Å². The van der Waals surface area contributed by atoms with E-state index in [1.807, 2.05) is 0 Å². The monoisotopic (exact) mass is 1110 g/mol. The SMILES string of the molecule is CC(C)(C)c1cc(Cc2cc(C(C)(C)C)c(O)c(C(C)(C)C)c2)cc(C(C)(C)C)c1O.CCCCCCCCCc1cc(Cc2cc(CCCCCCCCC)cc(C(C)(C)c3ccccc3)c2O)c(O)c(C(C)(C)c2ccccc2)c1. The van der Waals surface area contributed by atoms with E-state index in [1.54, 1.807) is 0 Å². The van der Waals surface area contributed by atoms with Crippen LogP contribution in [0.1, 0.15) is 292 Å². The van der Waals surface area contributed by atoms with Gasteiger partial charge in [-0.15, -0.1) is 0 Å². The van der Waals surface area contributed by atoms with Crippen LogP contribution in [0.15, 0.2) is 109 Å². The summed E-state index contributed by atoms with van der Waals surface area (Å²) >= 11 is 0. The number of phenols is 4. The third-order valence-corrected chi connectivity index (χ3v) is 17.3. The summed E-state index contributed by atoms with van der Waals surface area (Å²) in [5.74, 6) is 1.54. The smallest absolute Gasteiger partial charge is 0.123 e. The zero-order chi connectivity index (χ0) is 60.8. The molecule has 0 bridgehead atoms. The molecule has 6 aromatic carbocycles. The van der Waals surface area contributed by atoms with E-state index in [0.717, 1.165) is 76.6 Å². The van der Waals surface area contributed by atoms with Gasteiger partial charge in [-0.3, -0.25) is 0 Å². The Morgan fingerprint density at radius 3 is 0.829 bits per heavy atom. The Balaban J connectivity index is 0.000000340. The Bertz CT molecular complexity index is 2670. The number of phenolic OH excluding ortho intramolecular Hbond substituents is 4. The molecule has 4 nitrogen and oxygen atoms in total. The van der Waals surface area contributed by atoms with Crippen LogP contribution in [0.2, 0.25) is 0 Å². The molecule has 82 heavy (non-hydrogen) atoms. The van der Waals surface area contributed by atoms with Crippen LogP contribution in [0.5, 0.6) is 23.0 Å². The summed E-state index contributed by atoms with van der Waals surface area (Å²) in [5.41, 5.74) is 13.6. The predicted molar refractivity (Wildman–Crippen MR) is 353 cm³/mol. The van der Waals surface area contributed by atoms with Gasteiger partial charge in [-0.1, -0.05) is 311 Å². The van der Waals surface area contributed by atoms with Crippen molar-refractivity contribution in [2.45, 2.75) is 273 Å². The van der Waals surface area contributed by atoms with E-state index in [1.165, 1.54) is 110 Å². The second kappa shape index (κ2) is 28.9. The summed E-state index contributed by atoms with van der Waals surface area (Å²) in [7, 11) is 0. The molecule has 0 saturated carbocycles. The van der Waals surface area contributed by atoms with Gasteiger partial charge in [-0.2, -0.15) is 0 Å². The first-order chi connectivity index (χ1) is 38.3. The molecule has 6 rings (SSSR count). The fourth-order valence-electron chi connectivity index (χ4n) is 11.9. The van der Waals surface area contributed by atoms with Crippen molar-refractivity contribution in [3.63, 3.8) is 0 Å². The zero-order valence-corrected chi connectivity index (χ0v) is 54.9. The average molecular weight is 1110 g/mol. The maximum atomic E-state index is 12.1. The molecule has 6 aromatic rings. The average Bonchev–Trinajstić information content (AvgIpc) is 3.51. The van der Waals surface area contributed by atoms with E-state index in [9.17, 15) is 20.4 Å². The van der Waals surface area contributed by atoms with Gasteiger partial charge in [0.05, 0.1) is 0 Å². The molecule has 0 fully saturated rings. The maximum absolute atomic E-state index is 12.1. The van der Waals surface area contributed by atoms with Gasteiger partial charge in [0.1, 0.15) is 23.0 Å². The van der Waals surface area contributed by atoms with Crippen LogP contribution in [-0.2, 0) is 58.2 Å². The number of aryl methyl sites for hydroxylation is 2. The molecule has 0 aromatic heterocycles. The summed E-state index contributed by atoms with van der Waals surface area (Å²) in [6.45, 7) is 39.2. The van der Waals surface area contributed by atoms with Crippen molar-refractivity contribution in [3.8, 4) is 23.0 Å². The highest BCUT2D eigenvalue weighted by Crippen LogP contribution is 2.46. The largest absolute Gasteiger partial charge is 0.507 e. The van der Waals surface area contributed by atoms with Crippen molar-refractivity contribution in [2.75, 3.05) is 0 Å². The minimum Gasteiger partial charge on any atom is -0.507 e. The van der Waals surface area contributed by atoms with Crippen molar-refractivity contribution in [3.05, 3.63) is 187 Å². The van der Waals surface area contributed by atoms with Crippen molar-refractivity contribution in [2.24, 2.45) is 0 Å². The molecule has 0 unspecified atom stereocenters. The van der Waals surface area contributed by atoms with E-state index in [4.69, 9.17) is 0 Å². The molecular weight excluding hydrogens is 1000 g/mol. The summed E-state index contributed by atoms with van der Waals surface area (Å²) in [5, 5.41) is 46.3. The van der Waals surface area contributed by atoms with Gasteiger partial charge in [0.2, 0.25) is 0 Å². The maximum Gasteiger partial charge on any atom is 0.123 e. The number of benzene rings is 6. The second-order valence-electron chi connectivity index (χ2n) is 29.5. The van der Waals surface area contributed by atoms with Crippen LogP contribution in [0.3, 0.4) is 0 Å². The topological polar surface area (TPSA) is 80.9 Å². The number of hydrogen-bond acceptors (Lipinski definition) is 4. The summed E-state index contributed by atoms with van der Waals surface area (Å²) in [6, 6.07) is 38.7. The second-order valence-corrected chi connectivity index (χ2v) is 29.5. The lowest BCUT2D eigenvalue weighted by atomic mass is 9.75. The molecule has 0 heterocycles. The predicted octanol–water partition coefficient (Wildman–Crippen LogP) is 21.8. The molecule has 0 aliphatic heterocycles. The lowest BCUT2D eigenvalue weighted by Crippen LogP contribution is -2.20. The highest BCUT2D eigenvalue weighted by atomic mass is 16.3. The van der Waals surface area contributed by atoms with Gasteiger partial charge in [0, 0.05) is 28.4 Å². The molecule has 0 saturated heterocycles. The molecule has 0 atom stereocenters. The molecular formula is C78H112O4. The van der Waals surface area contributed by atoms with Crippen LogP contribution in [0, 0.1) is 0 Å². The van der Waals surface area contributed by atoms with Gasteiger partial charge in [-0.05, 0) is 121 Å². The third kappa shape index (κ3) is 18.3. The molecule has 448 valence electrons. The molecule has 0 aliphatic rings. The quantitative estimate of drug-likeness (QED) is 0.0455. The van der Waals surface area contributed by atoms with Gasteiger partial charge in [-0.25, -0.2) is 0 Å². The van der Waals surface area contributed by atoms with E-state index in [0.29, 0.717) is 29.4 Å². The highest BCUT2D eigenvalue weighted by Gasteiger charge is 2.32. The summed E-state index contributed by atoms with van der Waals surface area (Å²) in [6.07, 6.45) is 21.1. The first-order valence-corrected chi connectivity index (χ1v) is 31.9. The first kappa shape index (κ1) is 67.3. The molecule has 0 amide bonds. The van der Waals surface area contributed by atoms with Crippen molar-refractivity contribution in [1.29, 1.82) is 0 Å². The number of unbranched alkanes of at least 4 members (excludes halogenated alkanes) is 12. The molecule has 0 aliphatic carbocycles. The van der Waals surface area contributed by atoms with Crippen molar-refractivity contribution in [1.82, 2.24) is 0 Å². The van der Waals surface area contributed by atoms with Crippen molar-refractivity contribution >= 4 is 0 Å². The first-order valence-electron chi connectivity index (χ1n) is 31.9. The Labute approximate surface area is 500 Å². The fourth-order valence-corrected chi connectivity index (χ4v) is 11.9. The normalized spacial score (nSPS) is 12.6. The minimum absolute atomic E-state index is 0.151. The zero-order valence-electron chi connectivity index (χ0n) is 54.9. The van der Waals surface area contributed by atoms with E-state index < -0.39 is 0 Å². The number of aromatic hydroxyl groups is 4. The summed E-state index contributed by atoms with van der Waals surface area (Å²) in [4.78, 5) is 0. The lowest BCUT2D eigenvalue weighted by Gasteiger charge is -2.30. The standard InChI is InChI=1S/C49H68O2.C29H44O2/c1-7-9-11-13-15-17-21-27-38-33-40(46(50)44(35-38)48(3,4)42-29-23-19-24-30-42)37-41-34-39(28-22-18-16-14-12-10-8-2)36-45(47(41)51)49(5,6)43-31-25-20-26-32-43;1-26(2,3)20-14-18(15-21(24(20)30)27(4,5)6)13-19-16-22(28(7,8)9)25(31)23(17-19)29(10,11)12/h19-20,23-26,29-36,50-51H,7-18,21-22,27-28,37H2,1-6H3;14-17,30-31H,13H2,1-12H3. The molecule has 4 heteroatoms. The van der Waals surface area contributed by atoms with Crippen LogP contribution in [0.4, 0.5) is 0 Å². The van der Waals surface area contributed by atoms with Gasteiger partial charge >= 0.3 is 0 Å². The Hall–Kier alpha value is -5.48. The summed E-state index contributed by atoms with van der Waals surface area (Å²) < 4.78 is 0. The third-order valence-electron chi connectivity index (χ3n) is 17.3. The molecule has 4 N–H and O–H groups in total. The van der Waals surface area contributed by atoms with Crippen LogP contribution >= 0.6 is 0 Å². The van der Waals surface area contributed by atoms with Crippen LogP contribution in [0.25, 0.3) is 0 Å². The Kier molecular flexibility index (Phi) is 23.7. The van der Waals surface area contributed by atoms with E-state index >= 15 is 0 Å². The van der Waals surface area contributed by atoms with Crippen LogP contribution in [-0.4, -0.2) is 20.4 Å². The molecule has 0 radical (unpaired) electrons. The Morgan fingerprint density at radius 1 is 0.280 bits per heavy atom. The van der Waals surface area contributed by atoms with Crippen molar-refractivity contribution < 1.29 is 20.4 Å². The van der Waals surface area contributed by atoms with Crippen LogP contribution < -0.4 is 0 Å².